The Hall–Kier alpha value is -1.63. The second-order valence-electron chi connectivity index (χ2n) is 5.38. The van der Waals surface area contributed by atoms with Crippen molar-refractivity contribution in [2.75, 3.05) is 0 Å². The normalized spacial score (nSPS) is 16.6. The number of nitrogens with zero attached hydrogens (tertiary/aromatic N) is 3. The monoisotopic (exact) mass is 342 g/mol. The average molecular weight is 343 g/mol. The van der Waals surface area contributed by atoms with Crippen molar-refractivity contribution in [2.45, 2.75) is 31.5 Å². The summed E-state index contributed by atoms with van der Waals surface area (Å²) in [6.07, 6.45) is 3.42. The molecule has 1 aromatic heterocycles. The van der Waals surface area contributed by atoms with Gasteiger partial charge in [0.25, 0.3) is 0 Å². The van der Waals surface area contributed by atoms with E-state index in [-0.39, 0.29) is 6.54 Å². The van der Waals surface area contributed by atoms with Gasteiger partial charge >= 0.3 is 0 Å². The highest BCUT2D eigenvalue weighted by Gasteiger charge is 2.46. The Morgan fingerprint density at radius 2 is 2.14 bits per heavy atom. The lowest BCUT2D eigenvalue weighted by molar-refractivity contribution is -0.117. The van der Waals surface area contributed by atoms with Crippen molar-refractivity contribution in [2.24, 2.45) is 0 Å². The molecule has 118 valence electrons. The zero-order valence-corrected chi connectivity index (χ0v) is 13.6. The number of rotatable bonds is 6. The number of aromatic nitrogens is 3. The summed E-state index contributed by atoms with van der Waals surface area (Å²) in [5, 5.41) is 18.6. The van der Waals surface area contributed by atoms with Gasteiger partial charge in [0.2, 0.25) is 6.41 Å². The van der Waals surface area contributed by atoms with Crippen LogP contribution in [0, 0.1) is 0 Å². The van der Waals surface area contributed by atoms with E-state index in [0.29, 0.717) is 22.0 Å². The fourth-order valence-electron chi connectivity index (χ4n) is 2.29. The van der Waals surface area contributed by atoms with Gasteiger partial charge in [0.05, 0.1) is 12.1 Å². The molecule has 2 N–H and O–H groups in total. The number of halogens is 2. The van der Waals surface area contributed by atoms with E-state index in [9.17, 15) is 9.90 Å². The second-order valence-corrected chi connectivity index (χ2v) is 6.23. The topological polar surface area (TPSA) is 80.0 Å². The number of hydrogen-bond donors (Lipinski definition) is 2. The number of carbonyl (C=O) groups excluding carboxylic acids is 1. The van der Waals surface area contributed by atoms with Gasteiger partial charge in [-0.3, -0.25) is 9.48 Å². The van der Waals surface area contributed by atoms with Gasteiger partial charge in [-0.15, -0.1) is 0 Å². The molecule has 2 atom stereocenters. The standard InChI is InChI=1S/C14H16Cl2N4O2/c1-13(18-9-21,6-20-8-17-7-19-20)14(2,22)11-4-3-10(15)5-12(11)16/h3-5,7-9,22H,6H2,1-2H3,(H,18,21). The Morgan fingerprint density at radius 3 is 2.68 bits per heavy atom. The van der Waals surface area contributed by atoms with Crippen LogP contribution >= 0.6 is 23.2 Å². The lowest BCUT2D eigenvalue weighted by Gasteiger charge is -2.43. The molecule has 8 heteroatoms. The number of benzene rings is 1. The molecule has 0 saturated heterocycles. The van der Waals surface area contributed by atoms with E-state index in [1.165, 1.54) is 17.3 Å². The molecular formula is C14H16Cl2N4O2. The van der Waals surface area contributed by atoms with E-state index < -0.39 is 11.1 Å². The smallest absolute Gasteiger partial charge is 0.207 e. The van der Waals surface area contributed by atoms with Gasteiger partial charge in [0, 0.05) is 15.6 Å². The summed E-state index contributed by atoms with van der Waals surface area (Å²) < 4.78 is 1.52. The van der Waals surface area contributed by atoms with E-state index in [1.54, 1.807) is 32.0 Å². The highest BCUT2D eigenvalue weighted by molar-refractivity contribution is 6.35. The molecule has 0 fully saturated rings. The molecule has 22 heavy (non-hydrogen) atoms. The van der Waals surface area contributed by atoms with Crippen LogP contribution in [0.4, 0.5) is 0 Å². The molecule has 0 spiro atoms. The van der Waals surface area contributed by atoms with Gasteiger partial charge in [-0.25, -0.2) is 4.98 Å². The third kappa shape index (κ3) is 3.09. The Morgan fingerprint density at radius 1 is 1.41 bits per heavy atom. The fraction of sp³-hybridized carbons (Fsp3) is 0.357. The Labute approximate surface area is 138 Å². The van der Waals surface area contributed by atoms with Gasteiger partial charge in [0.1, 0.15) is 18.3 Å². The Kier molecular flexibility index (Phi) is 4.75. The Bertz CT molecular complexity index is 661. The molecule has 0 aliphatic heterocycles. The van der Waals surface area contributed by atoms with Crippen molar-refractivity contribution in [3.05, 3.63) is 46.5 Å². The van der Waals surface area contributed by atoms with Crippen molar-refractivity contribution in [1.82, 2.24) is 20.1 Å². The van der Waals surface area contributed by atoms with Crippen molar-refractivity contribution in [3.63, 3.8) is 0 Å². The lowest BCUT2D eigenvalue weighted by Crippen LogP contribution is -2.59. The maximum Gasteiger partial charge on any atom is 0.207 e. The number of carbonyl (C=O) groups is 1. The van der Waals surface area contributed by atoms with Crippen LogP contribution in [-0.4, -0.2) is 31.8 Å². The summed E-state index contributed by atoms with van der Waals surface area (Å²) in [5.41, 5.74) is -2.09. The first-order valence-electron chi connectivity index (χ1n) is 6.52. The zero-order chi connectivity index (χ0) is 16.4. The summed E-state index contributed by atoms with van der Waals surface area (Å²) in [4.78, 5) is 14.9. The van der Waals surface area contributed by atoms with Crippen LogP contribution in [0.25, 0.3) is 0 Å². The highest BCUT2D eigenvalue weighted by Crippen LogP contribution is 2.38. The molecule has 2 rings (SSSR count). The highest BCUT2D eigenvalue weighted by atomic mass is 35.5. The van der Waals surface area contributed by atoms with Crippen molar-refractivity contribution in [3.8, 4) is 0 Å². The molecular weight excluding hydrogens is 327 g/mol. The predicted molar refractivity (Wildman–Crippen MR) is 83.7 cm³/mol. The second kappa shape index (κ2) is 6.24. The molecule has 2 unspecified atom stereocenters. The minimum Gasteiger partial charge on any atom is -0.383 e. The van der Waals surface area contributed by atoms with Crippen LogP contribution < -0.4 is 5.32 Å². The van der Waals surface area contributed by atoms with Gasteiger partial charge in [-0.1, -0.05) is 29.3 Å². The Balaban J connectivity index is 2.46. The first kappa shape index (κ1) is 16.7. The van der Waals surface area contributed by atoms with E-state index in [1.807, 2.05) is 0 Å². The van der Waals surface area contributed by atoms with Gasteiger partial charge in [0.15, 0.2) is 0 Å². The predicted octanol–water partition coefficient (Wildman–Crippen LogP) is 2.00. The SMILES string of the molecule is CC(Cn1cncn1)(NC=O)C(C)(O)c1ccc(Cl)cc1Cl. The molecule has 0 bridgehead atoms. The number of nitrogens with one attached hydrogen (secondary N) is 1. The van der Waals surface area contributed by atoms with Crippen LogP contribution in [-0.2, 0) is 16.9 Å². The first-order chi connectivity index (χ1) is 10.3. The van der Waals surface area contributed by atoms with Crippen LogP contribution in [0.3, 0.4) is 0 Å². The molecule has 1 aromatic carbocycles. The fourth-order valence-corrected chi connectivity index (χ4v) is 2.88. The summed E-state index contributed by atoms with van der Waals surface area (Å²) in [6, 6.07) is 4.81. The zero-order valence-electron chi connectivity index (χ0n) is 12.1. The summed E-state index contributed by atoms with van der Waals surface area (Å²) >= 11 is 12.1. The molecule has 0 aliphatic rings. The average Bonchev–Trinajstić information content (AvgIpc) is 2.91. The van der Waals surface area contributed by atoms with E-state index in [4.69, 9.17) is 23.2 Å². The summed E-state index contributed by atoms with van der Waals surface area (Å²) in [5.74, 6) is 0. The lowest BCUT2D eigenvalue weighted by atomic mass is 9.77. The molecule has 1 heterocycles. The van der Waals surface area contributed by atoms with Crippen molar-refractivity contribution >= 4 is 29.6 Å². The molecule has 0 aliphatic carbocycles. The quantitative estimate of drug-likeness (QED) is 0.787. The maximum atomic E-state index is 11.1. The minimum absolute atomic E-state index is 0.206. The van der Waals surface area contributed by atoms with E-state index in [2.05, 4.69) is 15.4 Å². The third-order valence-electron chi connectivity index (χ3n) is 3.85. The molecule has 0 radical (unpaired) electrons. The number of hydrogen-bond acceptors (Lipinski definition) is 4. The van der Waals surface area contributed by atoms with Crippen LogP contribution in [0.5, 0.6) is 0 Å². The molecule has 0 saturated carbocycles. The first-order valence-corrected chi connectivity index (χ1v) is 7.27. The van der Waals surface area contributed by atoms with Gasteiger partial charge in [-0.2, -0.15) is 5.10 Å². The van der Waals surface area contributed by atoms with Crippen LogP contribution in [0.2, 0.25) is 10.0 Å². The minimum atomic E-state index is -1.47. The van der Waals surface area contributed by atoms with E-state index >= 15 is 0 Å². The van der Waals surface area contributed by atoms with Crippen LogP contribution in [0.1, 0.15) is 19.4 Å². The van der Waals surface area contributed by atoms with Gasteiger partial charge < -0.3 is 10.4 Å². The molecule has 6 nitrogen and oxygen atoms in total. The summed E-state index contributed by atoms with van der Waals surface area (Å²) in [7, 11) is 0. The number of amides is 1. The molecule has 1 amide bonds. The van der Waals surface area contributed by atoms with E-state index in [0.717, 1.165) is 0 Å². The maximum absolute atomic E-state index is 11.1. The van der Waals surface area contributed by atoms with Crippen molar-refractivity contribution < 1.29 is 9.90 Å². The third-order valence-corrected chi connectivity index (χ3v) is 4.40. The molecule has 2 aromatic rings. The number of aliphatic hydroxyl groups is 1. The van der Waals surface area contributed by atoms with Crippen LogP contribution in [0.15, 0.2) is 30.9 Å². The summed E-state index contributed by atoms with van der Waals surface area (Å²) in [6.45, 7) is 3.49. The van der Waals surface area contributed by atoms with Crippen molar-refractivity contribution in [1.29, 1.82) is 0 Å². The van der Waals surface area contributed by atoms with Gasteiger partial charge in [-0.05, 0) is 26.0 Å². The largest absolute Gasteiger partial charge is 0.383 e.